The number of anilines is 4. The number of nitrogens with zero attached hydrogens (tertiary/aromatic N) is 3. The van der Waals surface area contributed by atoms with Crippen LogP contribution in [0.3, 0.4) is 0 Å². The number of aromatic nitrogens is 4. The van der Waals surface area contributed by atoms with Gasteiger partial charge in [-0.25, -0.2) is 14.6 Å². The van der Waals surface area contributed by atoms with Crippen LogP contribution in [0.15, 0.2) is 42.6 Å². The summed E-state index contributed by atoms with van der Waals surface area (Å²) >= 11 is 0. The molecule has 1 aromatic carbocycles. The number of benzene rings is 1. The van der Waals surface area contributed by atoms with Gasteiger partial charge in [-0.3, -0.25) is 10.4 Å². The van der Waals surface area contributed by atoms with Crippen LogP contribution in [0.4, 0.5) is 28.1 Å². The van der Waals surface area contributed by atoms with Crippen LogP contribution in [0.25, 0.3) is 0 Å². The molecule has 3 aromatic rings. The fraction of sp³-hybridized carbons (Fsp3) is 0.375. The van der Waals surface area contributed by atoms with E-state index in [1.54, 1.807) is 51.2 Å². The van der Waals surface area contributed by atoms with Crippen molar-refractivity contribution in [3.63, 3.8) is 0 Å². The van der Waals surface area contributed by atoms with Gasteiger partial charge >= 0.3 is 12.1 Å². The maximum absolute atomic E-state index is 12.1. The molecule has 35 heavy (non-hydrogen) atoms. The molecule has 4 N–H and O–H groups in total. The minimum atomic E-state index is -0.599. The summed E-state index contributed by atoms with van der Waals surface area (Å²) in [6.07, 6.45) is 1.10. The Morgan fingerprint density at radius 2 is 1.63 bits per heavy atom. The first-order valence-electron chi connectivity index (χ1n) is 11.1. The fourth-order valence-electron chi connectivity index (χ4n) is 2.78. The SMILES string of the molecule is CC(C)(C)OC(=O)Nc1ccc(CNc2nccc(Nc3cc(C(=O)OC(C)(C)C)[nH]n3)n2)cc1. The van der Waals surface area contributed by atoms with Crippen molar-refractivity contribution in [2.24, 2.45) is 0 Å². The molecule has 0 aliphatic carbocycles. The standard InChI is InChI=1S/C24H31N7O4/c1-23(2,3)34-20(32)17-13-19(31-30-17)28-18-11-12-25-21(29-18)26-14-15-7-9-16(10-8-15)27-22(33)35-24(4,5)6/h7-13H,14H2,1-6H3,(H,27,33)(H3,25,26,28,29,30,31). The Labute approximate surface area is 204 Å². The molecule has 0 radical (unpaired) electrons. The van der Waals surface area contributed by atoms with Crippen LogP contribution < -0.4 is 16.0 Å². The summed E-state index contributed by atoms with van der Waals surface area (Å²) in [6, 6.07) is 10.6. The summed E-state index contributed by atoms with van der Waals surface area (Å²) in [6.45, 7) is 11.3. The second-order valence-corrected chi connectivity index (χ2v) is 9.74. The van der Waals surface area contributed by atoms with Crippen molar-refractivity contribution in [2.45, 2.75) is 59.3 Å². The molecule has 11 nitrogen and oxygen atoms in total. The van der Waals surface area contributed by atoms with Gasteiger partial charge in [0.1, 0.15) is 22.7 Å². The number of aromatic amines is 1. The number of carbonyl (C=O) groups is 2. The molecule has 2 heterocycles. The van der Waals surface area contributed by atoms with E-state index in [1.807, 2.05) is 32.9 Å². The monoisotopic (exact) mass is 481 g/mol. The van der Waals surface area contributed by atoms with Gasteiger partial charge in [0.25, 0.3) is 0 Å². The van der Waals surface area contributed by atoms with Gasteiger partial charge in [0, 0.05) is 24.5 Å². The fourth-order valence-corrected chi connectivity index (χ4v) is 2.78. The molecule has 0 unspecified atom stereocenters. The van der Waals surface area contributed by atoms with Crippen LogP contribution in [0.5, 0.6) is 0 Å². The Morgan fingerprint density at radius 1 is 0.943 bits per heavy atom. The Kier molecular flexibility index (Phi) is 7.58. The second-order valence-electron chi connectivity index (χ2n) is 9.74. The zero-order valence-electron chi connectivity index (χ0n) is 20.7. The van der Waals surface area contributed by atoms with E-state index in [0.717, 1.165) is 5.56 Å². The lowest BCUT2D eigenvalue weighted by Crippen LogP contribution is -2.27. The highest BCUT2D eigenvalue weighted by atomic mass is 16.6. The van der Waals surface area contributed by atoms with Gasteiger partial charge in [0.05, 0.1) is 0 Å². The first-order chi connectivity index (χ1) is 16.4. The van der Waals surface area contributed by atoms with Crippen molar-refractivity contribution in [2.75, 3.05) is 16.0 Å². The lowest BCUT2D eigenvalue weighted by molar-refractivity contribution is 0.00625. The zero-order valence-corrected chi connectivity index (χ0v) is 20.7. The summed E-state index contributed by atoms with van der Waals surface area (Å²) in [7, 11) is 0. The van der Waals surface area contributed by atoms with Gasteiger partial charge in [-0.15, -0.1) is 0 Å². The predicted molar refractivity (Wildman–Crippen MR) is 133 cm³/mol. The Bertz CT molecular complexity index is 1160. The quantitative estimate of drug-likeness (QED) is 0.348. The van der Waals surface area contributed by atoms with E-state index < -0.39 is 23.3 Å². The summed E-state index contributed by atoms with van der Waals surface area (Å²) < 4.78 is 10.6. The van der Waals surface area contributed by atoms with Crippen LogP contribution in [-0.2, 0) is 16.0 Å². The number of H-pyrrole nitrogens is 1. The maximum Gasteiger partial charge on any atom is 0.412 e. The average molecular weight is 482 g/mol. The normalized spacial score (nSPS) is 11.5. The second kappa shape index (κ2) is 10.4. The molecule has 0 bridgehead atoms. The van der Waals surface area contributed by atoms with E-state index in [4.69, 9.17) is 9.47 Å². The molecule has 0 spiro atoms. The smallest absolute Gasteiger partial charge is 0.412 e. The molecule has 1 amide bonds. The molecular formula is C24H31N7O4. The number of nitrogens with one attached hydrogen (secondary N) is 4. The van der Waals surface area contributed by atoms with Crippen molar-refractivity contribution >= 4 is 35.3 Å². The van der Waals surface area contributed by atoms with Crippen LogP contribution in [0.2, 0.25) is 0 Å². The molecule has 0 aliphatic rings. The van der Waals surface area contributed by atoms with E-state index in [1.165, 1.54) is 0 Å². The molecular weight excluding hydrogens is 450 g/mol. The van der Waals surface area contributed by atoms with Gasteiger partial charge in [0.2, 0.25) is 5.95 Å². The summed E-state index contributed by atoms with van der Waals surface area (Å²) in [5, 5.41) is 15.6. The van der Waals surface area contributed by atoms with Crippen molar-refractivity contribution in [3.05, 3.63) is 53.9 Å². The molecule has 0 aliphatic heterocycles. The van der Waals surface area contributed by atoms with Crippen molar-refractivity contribution in [1.82, 2.24) is 20.2 Å². The third-order valence-corrected chi connectivity index (χ3v) is 4.16. The van der Waals surface area contributed by atoms with Gasteiger partial charge in [-0.2, -0.15) is 10.1 Å². The molecule has 0 saturated carbocycles. The number of hydrogen-bond donors (Lipinski definition) is 4. The van der Waals surface area contributed by atoms with E-state index in [-0.39, 0.29) is 5.69 Å². The van der Waals surface area contributed by atoms with Gasteiger partial charge < -0.3 is 20.1 Å². The number of carbonyl (C=O) groups excluding carboxylic acids is 2. The van der Waals surface area contributed by atoms with E-state index in [9.17, 15) is 9.59 Å². The Morgan fingerprint density at radius 3 is 2.29 bits per heavy atom. The van der Waals surface area contributed by atoms with Crippen molar-refractivity contribution in [3.8, 4) is 0 Å². The number of amides is 1. The first kappa shape index (κ1) is 25.5. The van der Waals surface area contributed by atoms with Crippen LogP contribution in [-0.4, -0.2) is 43.4 Å². The van der Waals surface area contributed by atoms with E-state index >= 15 is 0 Å². The van der Waals surface area contributed by atoms with Crippen molar-refractivity contribution in [1.29, 1.82) is 0 Å². The lowest BCUT2D eigenvalue weighted by Gasteiger charge is -2.19. The number of rotatable bonds is 7. The molecule has 0 atom stereocenters. The number of esters is 1. The largest absolute Gasteiger partial charge is 0.455 e. The zero-order chi connectivity index (χ0) is 25.6. The highest BCUT2D eigenvalue weighted by Gasteiger charge is 2.20. The maximum atomic E-state index is 12.1. The molecule has 2 aromatic heterocycles. The summed E-state index contributed by atoms with van der Waals surface area (Å²) in [5.41, 5.74) is 0.679. The summed E-state index contributed by atoms with van der Waals surface area (Å²) in [4.78, 5) is 32.7. The number of ether oxygens (including phenoxy) is 2. The molecule has 186 valence electrons. The summed E-state index contributed by atoms with van der Waals surface area (Å²) in [5.74, 6) is 0.842. The molecule has 0 saturated heterocycles. The highest BCUT2D eigenvalue weighted by Crippen LogP contribution is 2.17. The lowest BCUT2D eigenvalue weighted by atomic mass is 10.2. The Hall–Kier alpha value is -4.15. The molecule has 0 fully saturated rings. The third-order valence-electron chi connectivity index (χ3n) is 4.16. The van der Waals surface area contributed by atoms with Crippen LogP contribution in [0.1, 0.15) is 57.6 Å². The Balaban J connectivity index is 1.54. The van der Waals surface area contributed by atoms with Crippen LogP contribution >= 0.6 is 0 Å². The minimum absolute atomic E-state index is 0.236. The number of hydrogen-bond acceptors (Lipinski definition) is 9. The van der Waals surface area contributed by atoms with Gasteiger partial charge in [-0.05, 0) is 65.3 Å². The van der Waals surface area contributed by atoms with Gasteiger partial charge in [0.15, 0.2) is 5.82 Å². The minimum Gasteiger partial charge on any atom is -0.455 e. The predicted octanol–water partition coefficient (Wildman–Crippen LogP) is 4.86. The van der Waals surface area contributed by atoms with Crippen LogP contribution in [0, 0.1) is 0 Å². The van der Waals surface area contributed by atoms with Gasteiger partial charge in [-0.1, -0.05) is 12.1 Å². The molecule has 3 rings (SSSR count). The van der Waals surface area contributed by atoms with Crippen molar-refractivity contribution < 1.29 is 19.1 Å². The average Bonchev–Trinajstić information content (AvgIpc) is 3.20. The first-order valence-corrected chi connectivity index (χ1v) is 11.1. The van der Waals surface area contributed by atoms with E-state index in [2.05, 4.69) is 36.1 Å². The topological polar surface area (TPSA) is 143 Å². The molecule has 11 heteroatoms. The highest BCUT2D eigenvalue weighted by molar-refractivity contribution is 5.88. The van der Waals surface area contributed by atoms with E-state index in [0.29, 0.717) is 29.8 Å². The third kappa shape index (κ3) is 8.61.